The largest absolute Gasteiger partial charge is 0.463 e. The van der Waals surface area contributed by atoms with E-state index in [1.54, 1.807) is 22.6 Å². The van der Waals surface area contributed by atoms with Crippen LogP contribution in [-0.2, 0) is 4.79 Å². The summed E-state index contributed by atoms with van der Waals surface area (Å²) in [6.45, 7) is 6.95. The van der Waals surface area contributed by atoms with Crippen LogP contribution in [0, 0.1) is 5.92 Å². The summed E-state index contributed by atoms with van der Waals surface area (Å²) >= 11 is 1.66. The van der Waals surface area contributed by atoms with Crippen LogP contribution in [-0.4, -0.2) is 41.2 Å². The number of carbonyl (C=O) groups is 1. The molecule has 3 rings (SSSR count). The molecular weight excluding hydrogens is 346 g/mol. The standard InChI is InChI=1S/C20H27N3O2S/c1-14(2)11-15(3)22(4)13-20(24)23-17(19-8-6-10-26-19)12-16(21-23)18-7-5-9-25-18/h5-10,14-15,17H,11-13H2,1-4H3. The maximum atomic E-state index is 13.0. The highest BCUT2D eigenvalue weighted by atomic mass is 32.1. The van der Waals surface area contributed by atoms with Gasteiger partial charge in [0.2, 0.25) is 0 Å². The van der Waals surface area contributed by atoms with Gasteiger partial charge in [0.1, 0.15) is 11.5 Å². The number of hydrogen-bond donors (Lipinski definition) is 0. The van der Waals surface area contributed by atoms with Crippen LogP contribution in [0.3, 0.4) is 0 Å². The predicted octanol–water partition coefficient (Wildman–Crippen LogP) is 4.39. The molecule has 1 aliphatic rings. The Balaban J connectivity index is 1.76. The van der Waals surface area contributed by atoms with Gasteiger partial charge >= 0.3 is 0 Å². The average molecular weight is 374 g/mol. The monoisotopic (exact) mass is 373 g/mol. The predicted molar refractivity (Wildman–Crippen MR) is 105 cm³/mol. The highest BCUT2D eigenvalue weighted by Gasteiger charge is 2.35. The lowest BCUT2D eigenvalue weighted by Gasteiger charge is -2.28. The molecule has 0 N–H and O–H groups in total. The molecular formula is C20H27N3O2S. The Bertz CT molecular complexity index is 737. The van der Waals surface area contributed by atoms with Crippen LogP contribution in [0.2, 0.25) is 0 Å². The molecule has 2 atom stereocenters. The molecule has 0 aliphatic carbocycles. The average Bonchev–Trinajstić information content (AvgIpc) is 3.32. The van der Waals surface area contributed by atoms with E-state index < -0.39 is 0 Å². The van der Waals surface area contributed by atoms with E-state index >= 15 is 0 Å². The lowest BCUT2D eigenvalue weighted by atomic mass is 10.0. The van der Waals surface area contributed by atoms with Crippen LogP contribution in [0.1, 0.15) is 50.3 Å². The van der Waals surface area contributed by atoms with Crippen molar-refractivity contribution in [3.8, 4) is 0 Å². The topological polar surface area (TPSA) is 49.1 Å². The number of nitrogens with zero attached hydrogens (tertiary/aromatic N) is 3. The van der Waals surface area contributed by atoms with E-state index in [2.05, 4.69) is 36.8 Å². The van der Waals surface area contributed by atoms with Crippen LogP contribution in [0.15, 0.2) is 45.4 Å². The van der Waals surface area contributed by atoms with E-state index in [0.29, 0.717) is 24.9 Å². The first-order valence-corrected chi connectivity index (χ1v) is 10.0. The maximum Gasteiger partial charge on any atom is 0.257 e. The van der Waals surface area contributed by atoms with Crippen LogP contribution in [0.25, 0.3) is 0 Å². The number of hydrazone groups is 1. The first-order valence-electron chi connectivity index (χ1n) is 9.12. The van der Waals surface area contributed by atoms with Crippen molar-refractivity contribution in [2.45, 2.75) is 45.7 Å². The van der Waals surface area contributed by atoms with Crippen LogP contribution in [0.4, 0.5) is 0 Å². The molecule has 0 spiro atoms. The van der Waals surface area contributed by atoms with Crippen LogP contribution < -0.4 is 0 Å². The van der Waals surface area contributed by atoms with E-state index in [9.17, 15) is 4.79 Å². The number of amides is 1. The van der Waals surface area contributed by atoms with Gasteiger partial charge in [-0.3, -0.25) is 9.69 Å². The second-order valence-corrected chi connectivity index (χ2v) is 8.37. The molecule has 2 aromatic rings. The molecule has 1 amide bonds. The zero-order chi connectivity index (χ0) is 18.7. The van der Waals surface area contributed by atoms with Crippen molar-refractivity contribution in [3.05, 3.63) is 46.5 Å². The number of likely N-dealkylation sites (N-methyl/N-ethyl adjacent to an activating group) is 1. The van der Waals surface area contributed by atoms with Gasteiger partial charge in [-0.2, -0.15) is 5.10 Å². The molecule has 140 valence electrons. The molecule has 5 nitrogen and oxygen atoms in total. The Morgan fingerprint density at radius 1 is 1.38 bits per heavy atom. The minimum atomic E-state index is -0.0450. The minimum absolute atomic E-state index is 0.0306. The van der Waals surface area contributed by atoms with Gasteiger partial charge < -0.3 is 4.42 Å². The van der Waals surface area contributed by atoms with Crippen molar-refractivity contribution in [2.24, 2.45) is 11.0 Å². The van der Waals surface area contributed by atoms with Crippen molar-refractivity contribution in [2.75, 3.05) is 13.6 Å². The van der Waals surface area contributed by atoms with Crippen molar-refractivity contribution < 1.29 is 9.21 Å². The Morgan fingerprint density at radius 2 is 2.19 bits per heavy atom. The lowest BCUT2D eigenvalue weighted by Crippen LogP contribution is -2.40. The Labute approximate surface area is 159 Å². The van der Waals surface area contributed by atoms with E-state index in [-0.39, 0.29) is 11.9 Å². The quantitative estimate of drug-likeness (QED) is 0.723. The second-order valence-electron chi connectivity index (χ2n) is 7.39. The third-order valence-corrected chi connectivity index (χ3v) is 5.77. The Hall–Kier alpha value is -1.92. The zero-order valence-corrected chi connectivity index (χ0v) is 16.7. The highest BCUT2D eigenvalue weighted by molar-refractivity contribution is 7.10. The summed E-state index contributed by atoms with van der Waals surface area (Å²) in [7, 11) is 2.01. The summed E-state index contributed by atoms with van der Waals surface area (Å²) in [6.07, 6.45) is 3.40. The van der Waals surface area contributed by atoms with Crippen molar-refractivity contribution >= 4 is 23.0 Å². The summed E-state index contributed by atoms with van der Waals surface area (Å²) in [4.78, 5) is 16.3. The molecule has 6 heteroatoms. The van der Waals surface area contributed by atoms with Gasteiger partial charge in [-0.25, -0.2) is 5.01 Å². The molecule has 2 aromatic heterocycles. The first kappa shape index (κ1) is 18.9. The summed E-state index contributed by atoms with van der Waals surface area (Å²) in [5, 5.41) is 8.32. The third-order valence-electron chi connectivity index (χ3n) is 4.79. The number of furan rings is 1. The summed E-state index contributed by atoms with van der Waals surface area (Å²) in [5.74, 6) is 1.38. The molecule has 3 heterocycles. The Morgan fingerprint density at radius 3 is 2.81 bits per heavy atom. The number of hydrogen-bond acceptors (Lipinski definition) is 5. The minimum Gasteiger partial charge on any atom is -0.463 e. The van der Waals surface area contributed by atoms with Crippen molar-refractivity contribution in [1.29, 1.82) is 0 Å². The van der Waals surface area contributed by atoms with Crippen molar-refractivity contribution in [3.63, 3.8) is 0 Å². The van der Waals surface area contributed by atoms with Crippen LogP contribution >= 0.6 is 11.3 Å². The normalized spacial score (nSPS) is 18.6. The second kappa shape index (κ2) is 8.18. The van der Waals surface area contributed by atoms with Gasteiger partial charge in [0.25, 0.3) is 5.91 Å². The van der Waals surface area contributed by atoms with E-state index in [0.717, 1.165) is 22.8 Å². The van der Waals surface area contributed by atoms with E-state index in [1.807, 2.05) is 30.6 Å². The summed E-state index contributed by atoms with van der Waals surface area (Å²) < 4.78 is 5.50. The molecule has 0 saturated heterocycles. The number of thiophene rings is 1. The fourth-order valence-electron chi connectivity index (χ4n) is 3.34. The molecule has 0 fully saturated rings. The summed E-state index contributed by atoms with van der Waals surface area (Å²) in [6, 6.07) is 8.15. The van der Waals surface area contributed by atoms with E-state index in [4.69, 9.17) is 4.42 Å². The van der Waals surface area contributed by atoms with Crippen LogP contribution in [0.5, 0.6) is 0 Å². The maximum absolute atomic E-state index is 13.0. The molecule has 2 unspecified atom stereocenters. The molecule has 0 saturated carbocycles. The molecule has 1 aliphatic heterocycles. The van der Waals surface area contributed by atoms with E-state index in [1.165, 1.54) is 0 Å². The molecule has 0 radical (unpaired) electrons. The van der Waals surface area contributed by atoms with Crippen molar-refractivity contribution in [1.82, 2.24) is 9.91 Å². The van der Waals surface area contributed by atoms with Gasteiger partial charge in [0.15, 0.2) is 0 Å². The molecule has 26 heavy (non-hydrogen) atoms. The molecule has 0 bridgehead atoms. The lowest BCUT2D eigenvalue weighted by molar-refractivity contribution is -0.134. The molecule has 0 aromatic carbocycles. The SMILES string of the molecule is CC(C)CC(C)N(C)CC(=O)N1N=C(c2ccco2)CC1c1cccs1. The fraction of sp³-hybridized carbons (Fsp3) is 0.500. The summed E-state index contributed by atoms with van der Waals surface area (Å²) in [5.41, 5.74) is 0.833. The van der Waals surface area contributed by atoms with Gasteiger partial charge in [-0.15, -0.1) is 11.3 Å². The number of carbonyl (C=O) groups excluding carboxylic acids is 1. The number of rotatable bonds is 7. The first-order chi connectivity index (χ1) is 12.5. The van der Waals surface area contributed by atoms with Gasteiger partial charge in [0.05, 0.1) is 18.8 Å². The van der Waals surface area contributed by atoms with Gasteiger partial charge in [-0.05, 0) is 49.9 Å². The smallest absolute Gasteiger partial charge is 0.257 e. The fourth-order valence-corrected chi connectivity index (χ4v) is 4.15. The van der Waals surface area contributed by atoms with Gasteiger partial charge in [0, 0.05) is 17.3 Å². The zero-order valence-electron chi connectivity index (χ0n) is 15.9. The Kier molecular flexibility index (Phi) is 5.94. The third kappa shape index (κ3) is 4.24. The highest BCUT2D eigenvalue weighted by Crippen LogP contribution is 2.35. The van der Waals surface area contributed by atoms with Gasteiger partial charge in [-0.1, -0.05) is 19.9 Å².